The molecule has 1 aromatic rings. The minimum atomic E-state index is -0.00392. The smallest absolute Gasteiger partial charge is 0.227 e. The molecule has 1 N–H and O–H groups in total. The Hall–Kier alpha value is -1.88. The number of carbonyl (C=O) groups excluding carboxylic acids is 2. The number of piperidine rings is 1. The lowest BCUT2D eigenvalue weighted by Crippen LogP contribution is -2.53. The second kappa shape index (κ2) is 8.21. The number of amides is 2. The number of hydrogen-bond donors (Lipinski definition) is 1. The minimum Gasteiger partial charge on any atom is -0.354 e. The average Bonchev–Trinajstić information content (AvgIpc) is 3.07. The maximum Gasteiger partial charge on any atom is 0.227 e. The van der Waals surface area contributed by atoms with Crippen molar-refractivity contribution in [3.05, 3.63) is 29.8 Å². The van der Waals surface area contributed by atoms with Crippen molar-refractivity contribution in [3.63, 3.8) is 0 Å². The van der Waals surface area contributed by atoms with Gasteiger partial charge in [-0.25, -0.2) is 0 Å². The molecular formula is C21H31N3O2. The zero-order chi connectivity index (χ0) is 18.6. The number of benzene rings is 1. The first kappa shape index (κ1) is 18.9. The first-order valence-corrected chi connectivity index (χ1v) is 9.87. The molecule has 0 aromatic heterocycles. The molecule has 0 spiro atoms. The minimum absolute atomic E-state index is 0.00392. The quantitative estimate of drug-likeness (QED) is 0.852. The van der Waals surface area contributed by atoms with Gasteiger partial charge >= 0.3 is 0 Å². The zero-order valence-corrected chi connectivity index (χ0v) is 16.1. The molecule has 5 heteroatoms. The van der Waals surface area contributed by atoms with Gasteiger partial charge in [0.05, 0.1) is 6.42 Å². The summed E-state index contributed by atoms with van der Waals surface area (Å²) in [6.45, 7) is 8.14. The Labute approximate surface area is 156 Å². The molecule has 2 amide bonds. The first-order valence-electron chi connectivity index (χ1n) is 9.87. The van der Waals surface area contributed by atoms with Gasteiger partial charge in [-0.15, -0.1) is 0 Å². The van der Waals surface area contributed by atoms with Crippen LogP contribution in [0, 0.1) is 0 Å². The highest BCUT2D eigenvalue weighted by Crippen LogP contribution is 2.22. The number of nitrogens with zero attached hydrogens (tertiary/aromatic N) is 2. The van der Waals surface area contributed by atoms with Crippen LogP contribution in [0.15, 0.2) is 24.3 Å². The van der Waals surface area contributed by atoms with E-state index in [1.807, 2.05) is 29.2 Å². The number of hydrogen-bond acceptors (Lipinski definition) is 3. The van der Waals surface area contributed by atoms with Crippen LogP contribution in [0.3, 0.4) is 0 Å². The van der Waals surface area contributed by atoms with Crippen LogP contribution in [0.1, 0.15) is 51.5 Å². The van der Waals surface area contributed by atoms with E-state index in [4.69, 9.17) is 0 Å². The van der Waals surface area contributed by atoms with Crippen molar-refractivity contribution in [3.8, 4) is 0 Å². The number of anilines is 1. The molecule has 0 radical (unpaired) electrons. The van der Waals surface area contributed by atoms with Crippen LogP contribution in [0.4, 0.5) is 5.69 Å². The summed E-state index contributed by atoms with van der Waals surface area (Å²) in [6, 6.07) is 7.81. The highest BCUT2D eigenvalue weighted by atomic mass is 16.2. The van der Waals surface area contributed by atoms with Gasteiger partial charge in [0.25, 0.3) is 0 Å². The maximum atomic E-state index is 12.3. The van der Waals surface area contributed by atoms with Crippen molar-refractivity contribution in [2.45, 2.75) is 57.9 Å². The van der Waals surface area contributed by atoms with Crippen LogP contribution in [0.2, 0.25) is 0 Å². The SMILES string of the molecule is CC(C)(CNC(=O)Cc1ccc(N2CCCC2=O)cc1)N1CCCCC1. The van der Waals surface area contributed by atoms with E-state index in [1.165, 1.54) is 19.3 Å². The molecule has 26 heavy (non-hydrogen) atoms. The number of rotatable bonds is 6. The van der Waals surface area contributed by atoms with Crippen LogP contribution in [-0.2, 0) is 16.0 Å². The van der Waals surface area contributed by atoms with E-state index in [9.17, 15) is 9.59 Å². The van der Waals surface area contributed by atoms with Crippen LogP contribution < -0.4 is 10.2 Å². The van der Waals surface area contributed by atoms with E-state index in [0.717, 1.165) is 37.3 Å². The summed E-state index contributed by atoms with van der Waals surface area (Å²) < 4.78 is 0. The lowest BCUT2D eigenvalue weighted by molar-refractivity contribution is -0.121. The van der Waals surface area contributed by atoms with Gasteiger partial charge in [-0.1, -0.05) is 18.6 Å². The second-order valence-electron chi connectivity index (χ2n) is 8.13. The van der Waals surface area contributed by atoms with Crippen molar-refractivity contribution in [2.75, 3.05) is 31.1 Å². The maximum absolute atomic E-state index is 12.3. The molecule has 0 atom stereocenters. The molecule has 142 valence electrons. The lowest BCUT2D eigenvalue weighted by atomic mass is 9.98. The monoisotopic (exact) mass is 357 g/mol. The van der Waals surface area contributed by atoms with Crippen LogP contribution in [-0.4, -0.2) is 48.4 Å². The van der Waals surface area contributed by atoms with Crippen molar-refractivity contribution in [2.24, 2.45) is 0 Å². The topological polar surface area (TPSA) is 52.7 Å². The summed E-state index contributed by atoms with van der Waals surface area (Å²) in [5.41, 5.74) is 1.91. The van der Waals surface area contributed by atoms with Gasteiger partial charge < -0.3 is 10.2 Å². The highest BCUT2D eigenvalue weighted by molar-refractivity contribution is 5.95. The Morgan fingerprint density at radius 2 is 1.73 bits per heavy atom. The number of likely N-dealkylation sites (tertiary alicyclic amines) is 1. The first-order chi connectivity index (χ1) is 12.5. The summed E-state index contributed by atoms with van der Waals surface area (Å²) in [6.07, 6.45) is 5.77. The standard InChI is InChI=1S/C21H31N3O2/c1-21(2,23-12-4-3-5-13-23)16-22-19(25)15-17-8-10-18(11-9-17)24-14-6-7-20(24)26/h8-11H,3-7,12-16H2,1-2H3,(H,22,25). The van der Waals surface area contributed by atoms with Gasteiger partial charge in [-0.2, -0.15) is 0 Å². The van der Waals surface area contributed by atoms with Crippen molar-refractivity contribution >= 4 is 17.5 Å². The molecule has 0 aliphatic carbocycles. The Kier molecular flexibility index (Phi) is 5.97. The molecular weight excluding hydrogens is 326 g/mol. The normalized spacial score (nSPS) is 19.0. The van der Waals surface area contributed by atoms with Crippen molar-refractivity contribution in [1.29, 1.82) is 0 Å². The predicted octanol–water partition coefficient (Wildman–Crippen LogP) is 2.74. The van der Waals surface area contributed by atoms with Gasteiger partial charge in [0.15, 0.2) is 0 Å². The Morgan fingerprint density at radius 1 is 1.04 bits per heavy atom. The summed E-state index contributed by atoms with van der Waals surface area (Å²) >= 11 is 0. The molecule has 2 aliphatic rings. The summed E-state index contributed by atoms with van der Waals surface area (Å²) in [5, 5.41) is 3.10. The summed E-state index contributed by atoms with van der Waals surface area (Å²) in [5.74, 6) is 0.246. The third kappa shape index (κ3) is 4.64. The van der Waals surface area contributed by atoms with E-state index < -0.39 is 0 Å². The largest absolute Gasteiger partial charge is 0.354 e. The molecule has 2 fully saturated rings. The molecule has 5 nitrogen and oxygen atoms in total. The molecule has 1 aromatic carbocycles. The molecule has 0 bridgehead atoms. The highest BCUT2D eigenvalue weighted by Gasteiger charge is 2.28. The molecule has 0 unspecified atom stereocenters. The zero-order valence-electron chi connectivity index (χ0n) is 16.1. The van der Waals surface area contributed by atoms with Crippen molar-refractivity contribution < 1.29 is 9.59 Å². The second-order valence-corrected chi connectivity index (χ2v) is 8.13. The van der Waals surface area contributed by atoms with Gasteiger partial charge in [-0.05, 0) is 63.9 Å². The molecule has 2 heterocycles. The van der Waals surface area contributed by atoms with Gasteiger partial charge in [0, 0.05) is 30.7 Å². The molecule has 2 saturated heterocycles. The van der Waals surface area contributed by atoms with Crippen LogP contribution in [0.5, 0.6) is 0 Å². The lowest BCUT2D eigenvalue weighted by Gasteiger charge is -2.41. The fraction of sp³-hybridized carbons (Fsp3) is 0.619. The number of nitrogens with one attached hydrogen (secondary N) is 1. The summed E-state index contributed by atoms with van der Waals surface area (Å²) in [4.78, 5) is 28.5. The molecule has 3 rings (SSSR count). The van der Waals surface area contributed by atoms with E-state index in [2.05, 4.69) is 24.1 Å². The molecule has 0 saturated carbocycles. The van der Waals surface area contributed by atoms with Gasteiger partial charge in [0.2, 0.25) is 11.8 Å². The Morgan fingerprint density at radius 3 is 2.35 bits per heavy atom. The fourth-order valence-electron chi connectivity index (χ4n) is 3.89. The Balaban J connectivity index is 1.49. The van der Waals surface area contributed by atoms with E-state index in [1.54, 1.807) is 0 Å². The fourth-order valence-corrected chi connectivity index (χ4v) is 3.89. The average molecular weight is 357 g/mol. The van der Waals surface area contributed by atoms with Crippen LogP contribution >= 0.6 is 0 Å². The van der Waals surface area contributed by atoms with Gasteiger partial charge in [-0.3, -0.25) is 14.5 Å². The third-order valence-electron chi connectivity index (χ3n) is 5.62. The predicted molar refractivity (Wildman–Crippen MR) is 104 cm³/mol. The van der Waals surface area contributed by atoms with Crippen LogP contribution in [0.25, 0.3) is 0 Å². The van der Waals surface area contributed by atoms with Gasteiger partial charge in [0.1, 0.15) is 0 Å². The van der Waals surface area contributed by atoms with E-state index in [-0.39, 0.29) is 17.4 Å². The van der Waals surface area contributed by atoms with Crippen molar-refractivity contribution in [1.82, 2.24) is 10.2 Å². The third-order valence-corrected chi connectivity index (χ3v) is 5.62. The molecule has 2 aliphatic heterocycles. The van der Waals surface area contributed by atoms with E-state index in [0.29, 0.717) is 19.4 Å². The number of carbonyl (C=O) groups is 2. The van der Waals surface area contributed by atoms with E-state index >= 15 is 0 Å². The summed E-state index contributed by atoms with van der Waals surface area (Å²) in [7, 11) is 0. The Bertz CT molecular complexity index is 633.